The lowest BCUT2D eigenvalue weighted by Gasteiger charge is -2.12. The molecule has 0 bridgehead atoms. The average molecular weight is 254 g/mol. The zero-order chi connectivity index (χ0) is 13.7. The van der Waals surface area contributed by atoms with Gasteiger partial charge in [0.15, 0.2) is 12.2 Å². The Morgan fingerprint density at radius 3 is 1.39 bits per heavy atom. The van der Waals surface area contributed by atoms with Crippen LogP contribution in [0.2, 0.25) is 0 Å². The first kappa shape index (κ1) is 13.8. The number of aliphatic carboxylic acids is 2. The minimum atomic E-state index is -1.06. The number of carboxylic acid groups (broad SMARTS) is 2. The maximum atomic E-state index is 10.6. The summed E-state index contributed by atoms with van der Waals surface area (Å²) < 4.78 is 10.2. The Morgan fingerprint density at radius 2 is 1.17 bits per heavy atom. The molecule has 0 saturated heterocycles. The van der Waals surface area contributed by atoms with Crippen molar-refractivity contribution in [3.63, 3.8) is 0 Å². The highest BCUT2D eigenvalue weighted by Gasteiger charge is 2.14. The van der Waals surface area contributed by atoms with Crippen LogP contribution in [0.1, 0.15) is 13.8 Å². The summed E-state index contributed by atoms with van der Waals surface area (Å²) in [5.41, 5.74) is 0. The number of rotatable bonds is 6. The molecule has 18 heavy (non-hydrogen) atoms. The Hall–Kier alpha value is -2.24. The number of carbonyl (C=O) groups is 2. The smallest absolute Gasteiger partial charge is 0.344 e. The number of ether oxygens (including phenoxy) is 2. The second kappa shape index (κ2) is 5.90. The molecule has 0 aromatic heterocycles. The summed E-state index contributed by atoms with van der Waals surface area (Å²) in [5.74, 6) is -1.37. The van der Waals surface area contributed by atoms with Crippen LogP contribution in [-0.4, -0.2) is 34.4 Å². The van der Waals surface area contributed by atoms with Gasteiger partial charge in [0, 0.05) is 0 Å². The Balaban J connectivity index is 2.63. The fraction of sp³-hybridized carbons (Fsp3) is 0.333. The molecule has 1 rings (SSSR count). The number of hydrogen-bond acceptors (Lipinski definition) is 4. The van der Waals surface area contributed by atoms with Crippen molar-refractivity contribution < 1.29 is 29.3 Å². The van der Waals surface area contributed by atoms with E-state index in [1.165, 1.54) is 38.1 Å². The van der Waals surface area contributed by atoms with Crippen molar-refractivity contribution in [2.45, 2.75) is 26.1 Å². The normalized spacial score (nSPS) is 13.4. The first-order chi connectivity index (χ1) is 8.40. The lowest BCUT2D eigenvalue weighted by Crippen LogP contribution is -2.23. The second-order valence-electron chi connectivity index (χ2n) is 3.67. The second-order valence-corrected chi connectivity index (χ2v) is 3.67. The van der Waals surface area contributed by atoms with Crippen LogP contribution in [0, 0.1) is 0 Å². The van der Waals surface area contributed by atoms with Crippen LogP contribution < -0.4 is 9.47 Å². The fourth-order valence-corrected chi connectivity index (χ4v) is 1.11. The number of hydrogen-bond donors (Lipinski definition) is 2. The Kier molecular flexibility index (Phi) is 4.53. The number of benzene rings is 1. The lowest BCUT2D eigenvalue weighted by atomic mass is 10.3. The van der Waals surface area contributed by atoms with Gasteiger partial charge in [-0.1, -0.05) is 0 Å². The molecule has 0 saturated carbocycles. The van der Waals surface area contributed by atoms with Crippen molar-refractivity contribution in [2.75, 3.05) is 0 Å². The van der Waals surface area contributed by atoms with Gasteiger partial charge >= 0.3 is 11.9 Å². The molecule has 2 atom stereocenters. The molecule has 0 aliphatic carbocycles. The van der Waals surface area contributed by atoms with Gasteiger partial charge in [0.1, 0.15) is 11.5 Å². The van der Waals surface area contributed by atoms with Gasteiger partial charge in [-0.25, -0.2) is 9.59 Å². The lowest BCUT2D eigenvalue weighted by molar-refractivity contribution is -0.145. The predicted molar refractivity (Wildman–Crippen MR) is 61.9 cm³/mol. The van der Waals surface area contributed by atoms with Crippen molar-refractivity contribution in [3.8, 4) is 11.5 Å². The van der Waals surface area contributed by atoms with Crippen LogP contribution in [0.15, 0.2) is 24.3 Å². The summed E-state index contributed by atoms with van der Waals surface area (Å²) in [4.78, 5) is 21.2. The molecule has 6 nitrogen and oxygen atoms in total. The standard InChI is InChI=1S/C12H14O6/c1-7(11(13)14)17-9-3-5-10(6-4-9)18-8(2)12(15)16/h3-8H,1-2H3,(H,13,14)(H,15,16)/t7-,8-/m1/s1. The third-order valence-electron chi connectivity index (χ3n) is 2.14. The van der Waals surface area contributed by atoms with Crippen molar-refractivity contribution in [2.24, 2.45) is 0 Å². The highest BCUT2D eigenvalue weighted by molar-refractivity contribution is 5.72. The first-order valence-corrected chi connectivity index (χ1v) is 5.29. The van der Waals surface area contributed by atoms with Gasteiger partial charge in [0.2, 0.25) is 0 Å². The van der Waals surface area contributed by atoms with E-state index in [9.17, 15) is 9.59 Å². The van der Waals surface area contributed by atoms with E-state index in [1.54, 1.807) is 0 Å². The zero-order valence-electron chi connectivity index (χ0n) is 9.99. The molecule has 0 unspecified atom stereocenters. The van der Waals surface area contributed by atoms with Gasteiger partial charge in [-0.2, -0.15) is 0 Å². The van der Waals surface area contributed by atoms with E-state index in [1.807, 2.05) is 0 Å². The molecule has 0 fully saturated rings. The molecular weight excluding hydrogens is 240 g/mol. The molecule has 0 aliphatic rings. The monoisotopic (exact) mass is 254 g/mol. The minimum absolute atomic E-state index is 0.375. The molecule has 2 N–H and O–H groups in total. The topological polar surface area (TPSA) is 93.1 Å². The van der Waals surface area contributed by atoms with E-state index in [2.05, 4.69) is 0 Å². The molecule has 0 aliphatic heterocycles. The van der Waals surface area contributed by atoms with Crippen LogP contribution >= 0.6 is 0 Å². The summed E-state index contributed by atoms with van der Waals surface area (Å²) in [7, 11) is 0. The van der Waals surface area contributed by atoms with Gasteiger partial charge in [0.25, 0.3) is 0 Å². The van der Waals surface area contributed by atoms with Crippen LogP contribution in [0.4, 0.5) is 0 Å². The summed E-state index contributed by atoms with van der Waals surface area (Å²) in [6.07, 6.45) is -1.90. The predicted octanol–water partition coefficient (Wildman–Crippen LogP) is 1.39. The van der Waals surface area contributed by atoms with Crippen molar-refractivity contribution >= 4 is 11.9 Å². The highest BCUT2D eigenvalue weighted by Crippen LogP contribution is 2.19. The number of carboxylic acids is 2. The molecule has 0 spiro atoms. The van der Waals surface area contributed by atoms with Crippen LogP contribution in [0.5, 0.6) is 11.5 Å². The van der Waals surface area contributed by atoms with Gasteiger partial charge in [-0.15, -0.1) is 0 Å². The summed E-state index contributed by atoms with van der Waals surface area (Å²) in [6, 6.07) is 6.07. The van der Waals surface area contributed by atoms with E-state index >= 15 is 0 Å². The average Bonchev–Trinajstić information content (AvgIpc) is 2.31. The molecule has 6 heteroatoms. The van der Waals surface area contributed by atoms with Crippen molar-refractivity contribution in [1.29, 1.82) is 0 Å². The van der Waals surface area contributed by atoms with E-state index in [0.29, 0.717) is 11.5 Å². The van der Waals surface area contributed by atoms with E-state index in [0.717, 1.165) is 0 Å². The molecule has 0 amide bonds. The molecule has 1 aromatic carbocycles. The van der Waals surface area contributed by atoms with Gasteiger partial charge < -0.3 is 19.7 Å². The summed E-state index contributed by atoms with van der Waals surface area (Å²) in [6.45, 7) is 2.83. The largest absolute Gasteiger partial charge is 0.479 e. The minimum Gasteiger partial charge on any atom is -0.479 e. The van der Waals surface area contributed by atoms with E-state index in [-0.39, 0.29) is 0 Å². The van der Waals surface area contributed by atoms with Gasteiger partial charge in [-0.05, 0) is 38.1 Å². The molecule has 1 aromatic rings. The molecule has 98 valence electrons. The van der Waals surface area contributed by atoms with Crippen LogP contribution in [0.25, 0.3) is 0 Å². The quantitative estimate of drug-likeness (QED) is 0.796. The maximum Gasteiger partial charge on any atom is 0.344 e. The Bertz CT molecular complexity index is 384. The van der Waals surface area contributed by atoms with E-state index < -0.39 is 24.1 Å². The third kappa shape index (κ3) is 3.97. The zero-order valence-corrected chi connectivity index (χ0v) is 9.99. The van der Waals surface area contributed by atoms with Crippen LogP contribution in [-0.2, 0) is 9.59 Å². The van der Waals surface area contributed by atoms with E-state index in [4.69, 9.17) is 19.7 Å². The Morgan fingerprint density at radius 1 is 0.889 bits per heavy atom. The van der Waals surface area contributed by atoms with Gasteiger partial charge in [-0.3, -0.25) is 0 Å². The first-order valence-electron chi connectivity index (χ1n) is 5.29. The highest BCUT2D eigenvalue weighted by atomic mass is 16.5. The Labute approximate surface area is 104 Å². The molecule has 0 heterocycles. The molecule has 0 radical (unpaired) electrons. The van der Waals surface area contributed by atoms with Crippen LogP contribution in [0.3, 0.4) is 0 Å². The summed E-state index contributed by atoms with van der Waals surface area (Å²) >= 11 is 0. The maximum absolute atomic E-state index is 10.6. The van der Waals surface area contributed by atoms with Crippen molar-refractivity contribution in [3.05, 3.63) is 24.3 Å². The third-order valence-corrected chi connectivity index (χ3v) is 2.14. The van der Waals surface area contributed by atoms with Gasteiger partial charge in [0.05, 0.1) is 0 Å². The van der Waals surface area contributed by atoms with Crippen molar-refractivity contribution in [1.82, 2.24) is 0 Å². The molecular formula is C12H14O6. The SMILES string of the molecule is C[C@@H](Oc1ccc(O[C@H](C)C(=O)O)cc1)C(=O)O. The fourth-order valence-electron chi connectivity index (χ4n) is 1.11. The summed E-state index contributed by atoms with van der Waals surface area (Å²) in [5, 5.41) is 17.3.